The molecule has 0 unspecified atom stereocenters. The first kappa shape index (κ1) is 15.9. The van der Waals surface area contributed by atoms with E-state index in [1.807, 2.05) is 47.0 Å². The molecule has 4 heterocycles. The lowest BCUT2D eigenvalue weighted by Crippen LogP contribution is -2.41. The van der Waals surface area contributed by atoms with Crippen molar-refractivity contribution in [2.24, 2.45) is 7.05 Å². The minimum Gasteiger partial charge on any atom is -0.379 e. The van der Waals surface area contributed by atoms with Crippen molar-refractivity contribution < 1.29 is 4.74 Å². The molecule has 0 aliphatic carbocycles. The maximum Gasteiger partial charge on any atom is 0.161 e. The van der Waals surface area contributed by atoms with Crippen LogP contribution in [-0.4, -0.2) is 60.7 Å². The lowest BCUT2D eigenvalue weighted by molar-refractivity contribution is 0.0105. The summed E-state index contributed by atoms with van der Waals surface area (Å²) in [6, 6.07) is 6.17. The van der Waals surface area contributed by atoms with E-state index in [1.165, 1.54) is 0 Å². The van der Waals surface area contributed by atoms with Crippen LogP contribution >= 0.6 is 0 Å². The predicted molar refractivity (Wildman–Crippen MR) is 91.6 cm³/mol. The van der Waals surface area contributed by atoms with Crippen LogP contribution in [0.1, 0.15) is 11.7 Å². The van der Waals surface area contributed by atoms with E-state index in [4.69, 9.17) is 4.74 Å². The Morgan fingerprint density at radius 3 is 2.76 bits per heavy atom. The molecule has 1 fully saturated rings. The number of nitrogens with zero attached hydrogens (tertiary/aromatic N) is 7. The first-order valence-corrected chi connectivity index (χ1v) is 8.42. The summed E-state index contributed by atoms with van der Waals surface area (Å²) in [7, 11) is 1.95. The van der Waals surface area contributed by atoms with Gasteiger partial charge in [0.1, 0.15) is 5.69 Å². The summed E-state index contributed by atoms with van der Waals surface area (Å²) in [6.07, 6.45) is 7.44. The predicted octanol–water partition coefficient (Wildman–Crippen LogP) is 1.15. The van der Waals surface area contributed by atoms with Gasteiger partial charge in [-0.05, 0) is 12.1 Å². The molecule has 25 heavy (non-hydrogen) atoms. The molecule has 8 nitrogen and oxygen atoms in total. The Balaban J connectivity index is 1.58. The third-order valence-electron chi connectivity index (χ3n) is 4.46. The zero-order valence-corrected chi connectivity index (χ0v) is 14.2. The van der Waals surface area contributed by atoms with Crippen LogP contribution in [0, 0.1) is 0 Å². The minimum absolute atomic E-state index is 0.140. The van der Waals surface area contributed by atoms with Crippen LogP contribution < -0.4 is 0 Å². The van der Waals surface area contributed by atoms with E-state index in [-0.39, 0.29) is 6.04 Å². The Hall–Kier alpha value is -2.58. The van der Waals surface area contributed by atoms with Crippen molar-refractivity contribution in [3.05, 3.63) is 48.7 Å². The second-order valence-electron chi connectivity index (χ2n) is 6.11. The van der Waals surface area contributed by atoms with Gasteiger partial charge in [0.15, 0.2) is 5.82 Å². The molecule has 0 spiro atoms. The summed E-state index contributed by atoms with van der Waals surface area (Å²) in [4.78, 5) is 11.3. The molecular formula is C17H21N7O. The van der Waals surface area contributed by atoms with Crippen LogP contribution in [0.15, 0.2) is 43.0 Å². The van der Waals surface area contributed by atoms with Crippen molar-refractivity contribution in [1.82, 2.24) is 34.4 Å². The summed E-state index contributed by atoms with van der Waals surface area (Å²) >= 11 is 0. The molecule has 0 amide bonds. The van der Waals surface area contributed by atoms with Crippen LogP contribution in [0.25, 0.3) is 11.5 Å². The SMILES string of the molecule is Cn1ccnc1-c1cn(C[C@@H](c2ccccn2)N2CCOCC2)nn1. The van der Waals surface area contributed by atoms with Crippen LogP contribution in [0.3, 0.4) is 0 Å². The second-order valence-corrected chi connectivity index (χ2v) is 6.11. The van der Waals surface area contributed by atoms with E-state index in [0.717, 1.165) is 43.5 Å². The maximum absolute atomic E-state index is 5.49. The van der Waals surface area contributed by atoms with Crippen molar-refractivity contribution in [3.63, 3.8) is 0 Å². The van der Waals surface area contributed by atoms with Gasteiger partial charge in [0.2, 0.25) is 0 Å². The standard InChI is InChI=1S/C17H21N7O/c1-22-7-6-19-17(22)15-12-24(21-20-15)13-16(14-4-2-3-5-18-14)23-8-10-25-11-9-23/h2-7,12,16H,8-11,13H2,1H3/t16-/m0/s1. The Morgan fingerprint density at radius 1 is 1.16 bits per heavy atom. The molecule has 0 N–H and O–H groups in total. The molecule has 1 saturated heterocycles. The molecule has 3 aromatic heterocycles. The summed E-state index contributed by atoms with van der Waals surface area (Å²) in [5.41, 5.74) is 1.81. The number of rotatable bonds is 5. The molecule has 1 aliphatic rings. The Morgan fingerprint density at radius 2 is 2.04 bits per heavy atom. The topological polar surface area (TPSA) is 73.9 Å². The molecule has 1 atom stereocenters. The normalized spacial score (nSPS) is 16.8. The quantitative estimate of drug-likeness (QED) is 0.694. The first-order chi connectivity index (χ1) is 12.3. The van der Waals surface area contributed by atoms with Crippen molar-refractivity contribution in [1.29, 1.82) is 0 Å². The highest BCUT2D eigenvalue weighted by Gasteiger charge is 2.24. The van der Waals surface area contributed by atoms with Gasteiger partial charge in [-0.1, -0.05) is 11.3 Å². The maximum atomic E-state index is 5.49. The van der Waals surface area contributed by atoms with Gasteiger partial charge in [-0.2, -0.15) is 0 Å². The molecule has 0 radical (unpaired) electrons. The summed E-state index contributed by atoms with van der Waals surface area (Å²) in [5, 5.41) is 8.58. The summed E-state index contributed by atoms with van der Waals surface area (Å²) < 4.78 is 9.31. The highest BCUT2D eigenvalue weighted by Crippen LogP contribution is 2.22. The van der Waals surface area contributed by atoms with Crippen LogP contribution in [0.4, 0.5) is 0 Å². The molecule has 130 valence electrons. The fourth-order valence-electron chi connectivity index (χ4n) is 3.14. The molecular weight excluding hydrogens is 318 g/mol. The molecule has 0 saturated carbocycles. The smallest absolute Gasteiger partial charge is 0.161 e. The van der Waals surface area contributed by atoms with E-state index in [2.05, 4.69) is 31.2 Å². The zero-order valence-electron chi connectivity index (χ0n) is 14.2. The fourth-order valence-corrected chi connectivity index (χ4v) is 3.14. The average Bonchev–Trinajstić information content (AvgIpc) is 3.29. The summed E-state index contributed by atoms with van der Waals surface area (Å²) in [6.45, 7) is 3.97. The van der Waals surface area contributed by atoms with Crippen molar-refractivity contribution in [2.45, 2.75) is 12.6 Å². The molecule has 1 aliphatic heterocycles. The van der Waals surface area contributed by atoms with Gasteiger partial charge >= 0.3 is 0 Å². The molecule has 0 aromatic carbocycles. The Bertz CT molecular complexity index is 807. The minimum atomic E-state index is 0.140. The Kier molecular flexibility index (Phi) is 4.53. The molecule has 0 bridgehead atoms. The largest absolute Gasteiger partial charge is 0.379 e. The fraction of sp³-hybridized carbons (Fsp3) is 0.412. The zero-order chi connectivity index (χ0) is 17.1. The number of morpholine rings is 1. The van der Waals surface area contributed by atoms with Crippen molar-refractivity contribution >= 4 is 0 Å². The molecule has 8 heteroatoms. The van der Waals surface area contributed by atoms with Gasteiger partial charge in [-0.3, -0.25) is 9.88 Å². The number of pyridine rings is 1. The Labute approximate surface area is 146 Å². The third kappa shape index (κ3) is 3.45. The van der Waals surface area contributed by atoms with E-state index in [1.54, 1.807) is 6.20 Å². The highest BCUT2D eigenvalue weighted by molar-refractivity contribution is 5.47. The van der Waals surface area contributed by atoms with E-state index >= 15 is 0 Å². The number of imidazole rings is 1. The monoisotopic (exact) mass is 339 g/mol. The average molecular weight is 339 g/mol. The van der Waals surface area contributed by atoms with Gasteiger partial charge in [0, 0.05) is 38.7 Å². The van der Waals surface area contributed by atoms with E-state index < -0.39 is 0 Å². The second kappa shape index (κ2) is 7.12. The molecule has 3 aromatic rings. The number of aromatic nitrogens is 6. The number of aryl methyl sites for hydroxylation is 1. The van der Waals surface area contributed by atoms with Gasteiger partial charge in [-0.15, -0.1) is 5.10 Å². The van der Waals surface area contributed by atoms with Gasteiger partial charge in [0.05, 0.1) is 37.7 Å². The van der Waals surface area contributed by atoms with E-state index in [9.17, 15) is 0 Å². The lowest BCUT2D eigenvalue weighted by atomic mass is 10.1. The van der Waals surface area contributed by atoms with Gasteiger partial charge in [0.25, 0.3) is 0 Å². The van der Waals surface area contributed by atoms with Crippen LogP contribution in [0.5, 0.6) is 0 Å². The first-order valence-electron chi connectivity index (χ1n) is 8.42. The number of ether oxygens (including phenoxy) is 1. The summed E-state index contributed by atoms with van der Waals surface area (Å²) in [5.74, 6) is 0.812. The van der Waals surface area contributed by atoms with Gasteiger partial charge in [-0.25, -0.2) is 9.67 Å². The third-order valence-corrected chi connectivity index (χ3v) is 4.46. The van der Waals surface area contributed by atoms with E-state index in [0.29, 0.717) is 6.54 Å². The highest BCUT2D eigenvalue weighted by atomic mass is 16.5. The molecule has 4 rings (SSSR count). The van der Waals surface area contributed by atoms with Crippen LogP contribution in [-0.2, 0) is 18.3 Å². The van der Waals surface area contributed by atoms with Crippen molar-refractivity contribution in [3.8, 4) is 11.5 Å². The number of hydrogen-bond acceptors (Lipinski definition) is 6. The lowest BCUT2D eigenvalue weighted by Gasteiger charge is -2.33. The van der Waals surface area contributed by atoms with Crippen LogP contribution in [0.2, 0.25) is 0 Å². The number of hydrogen-bond donors (Lipinski definition) is 0. The van der Waals surface area contributed by atoms with Gasteiger partial charge < -0.3 is 9.30 Å². The van der Waals surface area contributed by atoms with Crippen molar-refractivity contribution in [2.75, 3.05) is 26.3 Å².